The van der Waals surface area contributed by atoms with Crippen LogP contribution in [0.3, 0.4) is 0 Å². The number of hydrogen-bond acceptors (Lipinski definition) is 6. The molecule has 2 aromatic rings. The molecule has 1 aromatic carbocycles. The molecule has 8 heteroatoms. The minimum Gasteiger partial charge on any atom is -0.367 e. The van der Waals surface area contributed by atoms with Crippen molar-refractivity contribution in [1.82, 2.24) is 19.7 Å². The highest BCUT2D eigenvalue weighted by Crippen LogP contribution is 2.53. The molecule has 4 heterocycles. The lowest BCUT2D eigenvalue weighted by Crippen LogP contribution is -2.47. The summed E-state index contributed by atoms with van der Waals surface area (Å²) in [4.78, 5) is 48.4. The van der Waals surface area contributed by atoms with Gasteiger partial charge < -0.3 is 19.9 Å². The van der Waals surface area contributed by atoms with Crippen LogP contribution in [-0.2, 0) is 28.0 Å². The van der Waals surface area contributed by atoms with E-state index >= 15 is 0 Å². The van der Waals surface area contributed by atoms with Crippen LogP contribution >= 0.6 is 0 Å². The summed E-state index contributed by atoms with van der Waals surface area (Å²) in [5.74, 6) is 1.61. The van der Waals surface area contributed by atoms with Crippen molar-refractivity contribution in [3.63, 3.8) is 0 Å². The third kappa shape index (κ3) is 4.10. The highest BCUT2D eigenvalue weighted by Gasteiger charge is 2.57. The van der Waals surface area contributed by atoms with Crippen molar-refractivity contribution >= 4 is 23.9 Å². The minimum atomic E-state index is -0.212. The predicted molar refractivity (Wildman–Crippen MR) is 143 cm³/mol. The van der Waals surface area contributed by atoms with Crippen molar-refractivity contribution in [2.24, 2.45) is 17.8 Å². The monoisotopic (exact) mass is 513 g/mol. The maximum atomic E-state index is 13.7. The molecule has 2 amide bonds. The zero-order chi connectivity index (χ0) is 26.0. The topological polar surface area (TPSA) is 85.8 Å². The fourth-order valence-corrected chi connectivity index (χ4v) is 7.19. The number of hydrogen-bond donors (Lipinski definition) is 1. The molecule has 0 bridgehead atoms. The quantitative estimate of drug-likeness (QED) is 0.572. The summed E-state index contributed by atoms with van der Waals surface area (Å²) in [6.45, 7) is 6.83. The minimum absolute atomic E-state index is 0.00957. The van der Waals surface area contributed by atoms with Gasteiger partial charge in [-0.15, -0.1) is 0 Å². The highest BCUT2D eigenvalue weighted by molar-refractivity contribution is 5.98. The molecule has 1 aromatic heterocycles. The molecule has 2 saturated carbocycles. The molecule has 2 aliphatic carbocycles. The van der Waals surface area contributed by atoms with Crippen LogP contribution in [0, 0.1) is 17.8 Å². The lowest BCUT2D eigenvalue weighted by molar-refractivity contribution is -0.128. The molecule has 1 saturated heterocycles. The van der Waals surface area contributed by atoms with Crippen LogP contribution in [0.15, 0.2) is 36.5 Å². The number of carbonyl (C=O) groups excluding carboxylic acids is 3. The highest BCUT2D eigenvalue weighted by atomic mass is 16.2. The SMILES string of the molecule is CC(=O)N1CC2C(C1)C2Nc1cc2c(cn1)C1(CC1)CN(C[C@H](C=O)CN1CCc3ccccc3C1)C2=O. The van der Waals surface area contributed by atoms with Crippen LogP contribution in [0.2, 0.25) is 0 Å². The van der Waals surface area contributed by atoms with Crippen molar-refractivity contribution < 1.29 is 14.4 Å². The first-order chi connectivity index (χ1) is 18.4. The van der Waals surface area contributed by atoms with Crippen molar-refractivity contribution in [2.75, 3.05) is 44.6 Å². The van der Waals surface area contributed by atoms with Gasteiger partial charge in [0.15, 0.2) is 0 Å². The molecule has 0 radical (unpaired) electrons. The molecular weight excluding hydrogens is 478 g/mol. The van der Waals surface area contributed by atoms with Gasteiger partial charge in [0.25, 0.3) is 5.91 Å². The molecular formula is C30H35N5O3. The average molecular weight is 514 g/mol. The Kier molecular flexibility index (Phi) is 5.58. The molecule has 5 aliphatic rings. The Morgan fingerprint density at radius 3 is 2.66 bits per heavy atom. The van der Waals surface area contributed by atoms with Crippen molar-refractivity contribution in [2.45, 2.75) is 44.2 Å². The number of fused-ring (bicyclic) bond motifs is 4. The number of aldehydes is 1. The van der Waals surface area contributed by atoms with Crippen LogP contribution in [0.5, 0.6) is 0 Å². The van der Waals surface area contributed by atoms with Gasteiger partial charge in [0.05, 0.1) is 0 Å². The molecule has 3 aliphatic heterocycles. The van der Waals surface area contributed by atoms with E-state index in [4.69, 9.17) is 4.98 Å². The number of pyridine rings is 1. The number of carbonyl (C=O) groups is 3. The van der Waals surface area contributed by atoms with Gasteiger partial charge in [-0.05, 0) is 42.0 Å². The standard InChI is InChI=1S/C30H35N5O3/c1-19(37)34-15-24-25(16-34)28(24)32-27-10-23-26(11-31-27)30(7-8-30)18-35(29(23)38)13-20(17-36)12-33-9-6-21-4-2-3-5-22(21)14-33/h2-5,10-11,17,20,24-25,28H,6-9,12-16,18H2,1H3,(H,31,32)/t20-,24?,25?,28?/m1/s1. The zero-order valence-electron chi connectivity index (χ0n) is 21.9. The van der Waals surface area contributed by atoms with Crippen molar-refractivity contribution in [3.8, 4) is 0 Å². The first kappa shape index (κ1) is 23.8. The van der Waals surface area contributed by atoms with E-state index in [2.05, 4.69) is 34.5 Å². The Morgan fingerprint density at radius 2 is 1.95 bits per heavy atom. The number of anilines is 1. The second kappa shape index (κ2) is 8.90. The number of rotatable bonds is 7. The normalized spacial score (nSPS) is 27.4. The van der Waals surface area contributed by atoms with Gasteiger partial charge in [0.1, 0.15) is 12.1 Å². The number of likely N-dealkylation sites (tertiary alicyclic amines) is 1. The largest absolute Gasteiger partial charge is 0.367 e. The summed E-state index contributed by atoms with van der Waals surface area (Å²) in [6.07, 6.45) is 6.06. The van der Waals surface area contributed by atoms with Gasteiger partial charge in [-0.25, -0.2) is 4.98 Å². The van der Waals surface area contributed by atoms with Crippen LogP contribution < -0.4 is 5.32 Å². The van der Waals surface area contributed by atoms with E-state index in [1.54, 1.807) is 6.92 Å². The first-order valence-electron chi connectivity index (χ1n) is 14.0. The number of benzene rings is 1. The Labute approximate surface area is 223 Å². The lowest BCUT2D eigenvalue weighted by atomic mass is 9.87. The molecule has 3 fully saturated rings. The van der Waals surface area contributed by atoms with Gasteiger partial charge in [-0.1, -0.05) is 24.3 Å². The summed E-state index contributed by atoms with van der Waals surface area (Å²) >= 11 is 0. The fourth-order valence-electron chi connectivity index (χ4n) is 7.19. The van der Waals surface area contributed by atoms with Gasteiger partial charge in [-0.3, -0.25) is 14.5 Å². The zero-order valence-corrected chi connectivity index (χ0v) is 21.9. The van der Waals surface area contributed by atoms with E-state index in [0.29, 0.717) is 37.5 Å². The molecule has 1 N–H and O–H groups in total. The van der Waals surface area contributed by atoms with Crippen molar-refractivity contribution in [3.05, 3.63) is 58.8 Å². The number of amides is 2. The number of nitrogens with one attached hydrogen (secondary N) is 1. The second-order valence-electron chi connectivity index (χ2n) is 12.2. The third-order valence-corrected chi connectivity index (χ3v) is 9.64. The second-order valence-corrected chi connectivity index (χ2v) is 12.2. The van der Waals surface area contributed by atoms with E-state index in [0.717, 1.165) is 68.7 Å². The lowest BCUT2D eigenvalue weighted by Gasteiger charge is -2.37. The number of nitrogens with zero attached hydrogens (tertiary/aromatic N) is 4. The molecule has 7 rings (SSSR count). The fraction of sp³-hybridized carbons (Fsp3) is 0.533. The third-order valence-electron chi connectivity index (χ3n) is 9.64. The van der Waals surface area contributed by atoms with Gasteiger partial charge >= 0.3 is 0 Å². The molecule has 38 heavy (non-hydrogen) atoms. The van der Waals surface area contributed by atoms with E-state index in [-0.39, 0.29) is 23.1 Å². The summed E-state index contributed by atoms with van der Waals surface area (Å²) < 4.78 is 0. The number of piperidine rings is 1. The Bertz CT molecular complexity index is 1290. The Hall–Kier alpha value is -3.26. The van der Waals surface area contributed by atoms with Crippen LogP contribution in [0.1, 0.15) is 46.8 Å². The van der Waals surface area contributed by atoms with E-state index < -0.39 is 0 Å². The molecule has 198 valence electrons. The average Bonchev–Trinajstić information content (AvgIpc) is 3.78. The van der Waals surface area contributed by atoms with Crippen LogP contribution in [-0.4, -0.2) is 83.1 Å². The Balaban J connectivity index is 1.03. The molecule has 8 nitrogen and oxygen atoms in total. The Morgan fingerprint density at radius 1 is 1.18 bits per heavy atom. The smallest absolute Gasteiger partial charge is 0.254 e. The summed E-state index contributed by atoms with van der Waals surface area (Å²) in [6, 6.07) is 10.8. The summed E-state index contributed by atoms with van der Waals surface area (Å²) in [5.41, 5.74) is 4.53. The first-order valence-corrected chi connectivity index (χ1v) is 14.0. The van der Waals surface area contributed by atoms with Gasteiger partial charge in [-0.2, -0.15) is 0 Å². The van der Waals surface area contributed by atoms with Crippen molar-refractivity contribution in [1.29, 1.82) is 0 Å². The maximum Gasteiger partial charge on any atom is 0.254 e. The van der Waals surface area contributed by atoms with Gasteiger partial charge in [0, 0.05) is 93.7 Å². The molecule has 2 unspecified atom stereocenters. The summed E-state index contributed by atoms with van der Waals surface area (Å²) in [7, 11) is 0. The van der Waals surface area contributed by atoms with Crippen LogP contribution in [0.25, 0.3) is 0 Å². The van der Waals surface area contributed by atoms with Gasteiger partial charge in [0.2, 0.25) is 5.91 Å². The molecule has 3 atom stereocenters. The summed E-state index contributed by atoms with van der Waals surface area (Å²) in [5, 5.41) is 3.54. The predicted octanol–water partition coefficient (Wildman–Crippen LogP) is 2.33. The maximum absolute atomic E-state index is 13.7. The van der Waals surface area contributed by atoms with Crippen LogP contribution in [0.4, 0.5) is 5.82 Å². The molecule has 1 spiro atoms. The van der Waals surface area contributed by atoms with E-state index in [1.807, 2.05) is 22.1 Å². The van der Waals surface area contributed by atoms with E-state index in [9.17, 15) is 14.4 Å². The van der Waals surface area contributed by atoms with E-state index in [1.165, 1.54) is 11.1 Å². The number of aromatic nitrogens is 1.